The molecular weight excluding hydrogens is 260 g/mol. The van der Waals surface area contributed by atoms with Crippen molar-refractivity contribution in [2.24, 2.45) is 0 Å². The molecule has 104 valence electrons. The van der Waals surface area contributed by atoms with Crippen molar-refractivity contribution in [2.75, 3.05) is 31.1 Å². The van der Waals surface area contributed by atoms with Crippen molar-refractivity contribution in [3.63, 3.8) is 0 Å². The summed E-state index contributed by atoms with van der Waals surface area (Å²) < 4.78 is 28.5. The summed E-state index contributed by atoms with van der Waals surface area (Å²) in [5.74, 6) is -0.418. The number of halogens is 2. The van der Waals surface area contributed by atoms with Gasteiger partial charge in [0.05, 0.1) is 4.92 Å². The molecule has 0 amide bonds. The third-order valence-corrected chi connectivity index (χ3v) is 2.84. The summed E-state index contributed by atoms with van der Waals surface area (Å²) in [6.07, 6.45) is 0. The predicted molar refractivity (Wildman–Crippen MR) is 64.8 cm³/mol. The van der Waals surface area contributed by atoms with Crippen LogP contribution in [-0.4, -0.2) is 37.7 Å². The lowest BCUT2D eigenvalue weighted by Crippen LogP contribution is -2.43. The van der Waals surface area contributed by atoms with E-state index in [2.05, 4.69) is 10.1 Å². The van der Waals surface area contributed by atoms with Gasteiger partial charge < -0.3 is 15.0 Å². The number of rotatable bonds is 4. The molecule has 0 aliphatic carbocycles. The van der Waals surface area contributed by atoms with Gasteiger partial charge in [-0.25, -0.2) is 0 Å². The number of nitro benzene ring substituents is 1. The fraction of sp³-hybridized carbons (Fsp3) is 0.455. The molecule has 0 atom stereocenters. The quantitative estimate of drug-likeness (QED) is 0.666. The van der Waals surface area contributed by atoms with Crippen molar-refractivity contribution in [2.45, 2.75) is 6.61 Å². The van der Waals surface area contributed by atoms with Crippen molar-refractivity contribution in [3.8, 4) is 5.75 Å². The summed E-state index contributed by atoms with van der Waals surface area (Å²) in [4.78, 5) is 12.1. The first-order valence-electron chi connectivity index (χ1n) is 5.77. The highest BCUT2D eigenvalue weighted by Gasteiger charge is 2.21. The normalized spacial score (nSPS) is 15.6. The summed E-state index contributed by atoms with van der Waals surface area (Å²) in [6, 6.07) is 4.03. The molecule has 0 saturated carbocycles. The van der Waals surface area contributed by atoms with Gasteiger partial charge in [0.25, 0.3) is 0 Å². The number of ether oxygens (including phenoxy) is 1. The molecular formula is C11H13F2N3O3. The van der Waals surface area contributed by atoms with Crippen molar-refractivity contribution in [3.05, 3.63) is 28.3 Å². The lowest BCUT2D eigenvalue weighted by Gasteiger charge is -2.29. The fourth-order valence-corrected chi connectivity index (χ4v) is 1.96. The Hall–Kier alpha value is -1.96. The standard InChI is InChI=1S/C11H13F2N3O3/c12-11(13)19-10-2-1-8(7-9(10)16(17)18)15-5-3-14-4-6-15/h1-2,7,11,14H,3-6H2. The number of anilines is 1. The van der Waals surface area contributed by atoms with Crippen LogP contribution in [0.25, 0.3) is 0 Å². The third-order valence-electron chi connectivity index (χ3n) is 2.84. The molecule has 8 heteroatoms. The molecule has 1 aromatic rings. The van der Waals surface area contributed by atoms with Crippen molar-refractivity contribution >= 4 is 11.4 Å². The zero-order chi connectivity index (χ0) is 13.8. The zero-order valence-electron chi connectivity index (χ0n) is 10.0. The summed E-state index contributed by atoms with van der Waals surface area (Å²) in [6.45, 7) is -0.0892. The largest absolute Gasteiger partial charge is 0.427 e. The van der Waals surface area contributed by atoms with Gasteiger partial charge in [-0.1, -0.05) is 0 Å². The van der Waals surface area contributed by atoms with Gasteiger partial charge in [0.1, 0.15) is 0 Å². The molecule has 1 heterocycles. The number of piperazine rings is 1. The van der Waals surface area contributed by atoms with Gasteiger partial charge in [0.2, 0.25) is 5.75 Å². The van der Waals surface area contributed by atoms with Crippen LogP contribution in [0.3, 0.4) is 0 Å². The molecule has 1 aromatic carbocycles. The van der Waals surface area contributed by atoms with Crippen LogP contribution in [0.5, 0.6) is 5.75 Å². The molecule has 2 rings (SSSR count). The average Bonchev–Trinajstić information content (AvgIpc) is 2.39. The minimum absolute atomic E-state index is 0.418. The van der Waals surface area contributed by atoms with Gasteiger partial charge in [0.15, 0.2) is 0 Å². The summed E-state index contributed by atoms with van der Waals surface area (Å²) in [5, 5.41) is 14.0. The summed E-state index contributed by atoms with van der Waals surface area (Å²) >= 11 is 0. The van der Waals surface area contributed by atoms with E-state index < -0.39 is 23.0 Å². The molecule has 0 radical (unpaired) electrons. The molecule has 1 saturated heterocycles. The second kappa shape index (κ2) is 5.79. The number of benzene rings is 1. The smallest absolute Gasteiger partial charge is 0.387 e. The van der Waals surface area contributed by atoms with E-state index in [1.807, 2.05) is 4.90 Å². The van der Waals surface area contributed by atoms with E-state index in [1.165, 1.54) is 12.1 Å². The number of nitrogens with one attached hydrogen (secondary N) is 1. The van der Waals surface area contributed by atoms with Gasteiger partial charge >= 0.3 is 12.3 Å². The zero-order valence-corrected chi connectivity index (χ0v) is 10.0. The average molecular weight is 273 g/mol. The van der Waals surface area contributed by atoms with Crippen LogP contribution < -0.4 is 15.0 Å². The Morgan fingerprint density at radius 2 is 2.05 bits per heavy atom. The Bertz CT molecular complexity index is 464. The Morgan fingerprint density at radius 3 is 2.63 bits per heavy atom. The van der Waals surface area contributed by atoms with Crippen LogP contribution in [-0.2, 0) is 0 Å². The molecule has 0 spiro atoms. The number of alkyl halides is 2. The molecule has 6 nitrogen and oxygen atoms in total. The monoisotopic (exact) mass is 273 g/mol. The second-order valence-electron chi connectivity index (χ2n) is 4.02. The maximum atomic E-state index is 12.2. The molecule has 0 aromatic heterocycles. The van der Waals surface area contributed by atoms with Crippen LogP contribution in [0, 0.1) is 10.1 Å². The Kier molecular flexibility index (Phi) is 4.10. The number of hydrogen-bond donors (Lipinski definition) is 1. The minimum Gasteiger partial charge on any atom is -0.427 e. The molecule has 0 bridgehead atoms. The third kappa shape index (κ3) is 3.28. The van der Waals surface area contributed by atoms with Crippen molar-refractivity contribution < 1.29 is 18.4 Å². The molecule has 0 unspecified atom stereocenters. The van der Waals surface area contributed by atoms with E-state index in [1.54, 1.807) is 6.07 Å². The highest BCUT2D eigenvalue weighted by Crippen LogP contribution is 2.32. The number of nitrogens with zero attached hydrogens (tertiary/aromatic N) is 2. The Labute approximate surface area is 108 Å². The van der Waals surface area contributed by atoms with Gasteiger partial charge in [-0.3, -0.25) is 10.1 Å². The van der Waals surface area contributed by atoms with Crippen LogP contribution in [0.15, 0.2) is 18.2 Å². The van der Waals surface area contributed by atoms with Crippen LogP contribution in [0.4, 0.5) is 20.2 Å². The van der Waals surface area contributed by atoms with E-state index in [-0.39, 0.29) is 0 Å². The lowest BCUT2D eigenvalue weighted by molar-refractivity contribution is -0.386. The molecule has 1 fully saturated rings. The van der Waals surface area contributed by atoms with Crippen LogP contribution >= 0.6 is 0 Å². The van der Waals surface area contributed by atoms with Crippen LogP contribution in [0.1, 0.15) is 0 Å². The molecule has 1 N–H and O–H groups in total. The SMILES string of the molecule is O=[N+]([O-])c1cc(N2CCNCC2)ccc1OC(F)F. The second-order valence-corrected chi connectivity index (χ2v) is 4.02. The van der Waals surface area contributed by atoms with E-state index in [4.69, 9.17) is 0 Å². The van der Waals surface area contributed by atoms with Crippen molar-refractivity contribution in [1.82, 2.24) is 5.32 Å². The van der Waals surface area contributed by atoms with Gasteiger partial charge in [-0.2, -0.15) is 8.78 Å². The fourth-order valence-electron chi connectivity index (χ4n) is 1.96. The van der Waals surface area contributed by atoms with E-state index in [9.17, 15) is 18.9 Å². The van der Waals surface area contributed by atoms with E-state index in [0.29, 0.717) is 18.8 Å². The van der Waals surface area contributed by atoms with E-state index in [0.717, 1.165) is 13.1 Å². The van der Waals surface area contributed by atoms with Crippen molar-refractivity contribution in [1.29, 1.82) is 0 Å². The topological polar surface area (TPSA) is 67.6 Å². The Balaban J connectivity index is 2.27. The predicted octanol–water partition coefficient (Wildman–Crippen LogP) is 1.61. The maximum absolute atomic E-state index is 12.2. The first-order chi connectivity index (χ1) is 9.08. The van der Waals surface area contributed by atoms with Crippen LogP contribution in [0.2, 0.25) is 0 Å². The molecule has 1 aliphatic rings. The van der Waals surface area contributed by atoms with Gasteiger partial charge in [-0.05, 0) is 12.1 Å². The maximum Gasteiger partial charge on any atom is 0.387 e. The number of hydrogen-bond acceptors (Lipinski definition) is 5. The molecule has 1 aliphatic heterocycles. The lowest BCUT2D eigenvalue weighted by atomic mass is 10.2. The van der Waals surface area contributed by atoms with Gasteiger partial charge in [-0.15, -0.1) is 0 Å². The first-order valence-corrected chi connectivity index (χ1v) is 5.77. The van der Waals surface area contributed by atoms with E-state index >= 15 is 0 Å². The highest BCUT2D eigenvalue weighted by molar-refractivity contribution is 5.60. The molecule has 19 heavy (non-hydrogen) atoms. The minimum atomic E-state index is -3.08. The van der Waals surface area contributed by atoms with Gasteiger partial charge in [0, 0.05) is 37.9 Å². The summed E-state index contributed by atoms with van der Waals surface area (Å²) in [7, 11) is 0. The Morgan fingerprint density at radius 1 is 1.37 bits per heavy atom. The number of nitro groups is 1. The first kappa shape index (κ1) is 13.5. The highest BCUT2D eigenvalue weighted by atomic mass is 19.3. The summed E-state index contributed by atoms with van der Waals surface area (Å²) in [5.41, 5.74) is 0.186.